The van der Waals surface area contributed by atoms with Crippen molar-refractivity contribution in [3.05, 3.63) is 0 Å². The van der Waals surface area contributed by atoms with Crippen molar-refractivity contribution in [3.63, 3.8) is 0 Å². The summed E-state index contributed by atoms with van der Waals surface area (Å²) in [6.45, 7) is 1.05. The molecule has 4 unspecified atom stereocenters. The fourth-order valence-electron chi connectivity index (χ4n) is 3.66. The van der Waals surface area contributed by atoms with Crippen LogP contribution in [0, 0.1) is 11.8 Å². The van der Waals surface area contributed by atoms with Crippen LogP contribution in [0.25, 0.3) is 0 Å². The van der Waals surface area contributed by atoms with Crippen molar-refractivity contribution in [1.82, 2.24) is 10.6 Å². The molecule has 0 radical (unpaired) electrons. The Bertz CT molecular complexity index is 291. The topological polar surface area (TPSA) is 41.1 Å². The Labute approximate surface area is 107 Å². The Kier molecular flexibility index (Phi) is 3.61. The van der Waals surface area contributed by atoms with Gasteiger partial charge in [0, 0.05) is 36.6 Å². The molecule has 2 aliphatic carbocycles. The smallest absolute Gasteiger partial charge is 0.221 e. The van der Waals surface area contributed by atoms with E-state index in [1.807, 2.05) is 11.8 Å². The number of thioether (sulfide) groups is 1. The molecular weight excluding hydrogens is 232 g/mol. The summed E-state index contributed by atoms with van der Waals surface area (Å²) in [5.41, 5.74) is 0. The third kappa shape index (κ3) is 2.79. The third-order valence-corrected chi connectivity index (χ3v) is 5.65. The molecule has 1 heterocycles. The van der Waals surface area contributed by atoms with Crippen molar-refractivity contribution >= 4 is 17.7 Å². The van der Waals surface area contributed by atoms with Crippen LogP contribution in [0.1, 0.15) is 32.1 Å². The van der Waals surface area contributed by atoms with Crippen molar-refractivity contribution in [2.45, 2.75) is 44.2 Å². The fraction of sp³-hybridized carbons (Fsp3) is 0.923. The molecule has 2 bridgehead atoms. The molecule has 3 fully saturated rings. The molecular formula is C13H22N2OS. The van der Waals surface area contributed by atoms with Gasteiger partial charge in [0.1, 0.15) is 0 Å². The van der Waals surface area contributed by atoms with Crippen molar-refractivity contribution in [2.24, 2.45) is 11.8 Å². The zero-order valence-corrected chi connectivity index (χ0v) is 11.1. The van der Waals surface area contributed by atoms with Gasteiger partial charge in [-0.25, -0.2) is 0 Å². The summed E-state index contributed by atoms with van der Waals surface area (Å²) >= 11 is 1.96. The van der Waals surface area contributed by atoms with E-state index in [1.54, 1.807) is 0 Å². The van der Waals surface area contributed by atoms with E-state index in [0.717, 1.165) is 24.1 Å². The van der Waals surface area contributed by atoms with Crippen LogP contribution in [-0.4, -0.2) is 36.0 Å². The van der Waals surface area contributed by atoms with Gasteiger partial charge < -0.3 is 10.6 Å². The van der Waals surface area contributed by atoms with Crippen molar-refractivity contribution in [3.8, 4) is 0 Å². The highest BCUT2D eigenvalue weighted by Crippen LogP contribution is 2.44. The summed E-state index contributed by atoms with van der Waals surface area (Å²) in [6.07, 6.45) is 6.01. The first-order valence-corrected chi connectivity index (χ1v) is 8.07. The van der Waals surface area contributed by atoms with Gasteiger partial charge in [0.25, 0.3) is 0 Å². The number of nitrogens with one attached hydrogen (secondary N) is 2. The van der Waals surface area contributed by atoms with Crippen LogP contribution in [0.5, 0.6) is 0 Å². The number of rotatable bonds is 3. The zero-order chi connectivity index (χ0) is 11.7. The molecule has 0 aromatic rings. The van der Waals surface area contributed by atoms with Crippen LogP contribution in [-0.2, 0) is 4.79 Å². The zero-order valence-electron chi connectivity index (χ0n) is 10.3. The summed E-state index contributed by atoms with van der Waals surface area (Å²) in [4.78, 5) is 12.0. The Morgan fingerprint density at radius 1 is 1.35 bits per heavy atom. The molecule has 1 aliphatic heterocycles. The van der Waals surface area contributed by atoms with Crippen molar-refractivity contribution in [2.75, 3.05) is 18.1 Å². The molecule has 17 heavy (non-hydrogen) atoms. The van der Waals surface area contributed by atoms with E-state index in [0.29, 0.717) is 18.5 Å². The van der Waals surface area contributed by atoms with Crippen molar-refractivity contribution in [1.29, 1.82) is 0 Å². The second-order valence-electron chi connectivity index (χ2n) is 5.78. The van der Waals surface area contributed by atoms with Gasteiger partial charge in [-0.05, 0) is 31.1 Å². The maximum atomic E-state index is 12.0. The maximum absolute atomic E-state index is 12.0. The standard InChI is InChI=1S/C13H22N2OS/c16-13(7-11-8-17-4-3-14-11)15-12-6-9-1-2-10(12)5-9/h9-12,14H,1-8H2,(H,15,16). The minimum atomic E-state index is 0.266. The van der Waals surface area contributed by atoms with Gasteiger partial charge in [0.2, 0.25) is 5.91 Å². The first-order valence-electron chi connectivity index (χ1n) is 6.92. The number of amides is 1. The molecule has 1 saturated heterocycles. The maximum Gasteiger partial charge on any atom is 0.221 e. The summed E-state index contributed by atoms with van der Waals surface area (Å²) in [7, 11) is 0. The van der Waals surface area contributed by atoms with E-state index < -0.39 is 0 Å². The molecule has 2 saturated carbocycles. The van der Waals surface area contributed by atoms with Gasteiger partial charge in [-0.1, -0.05) is 6.42 Å². The Hall–Kier alpha value is -0.220. The number of hydrogen-bond acceptors (Lipinski definition) is 3. The van der Waals surface area contributed by atoms with E-state index in [4.69, 9.17) is 0 Å². The predicted octanol–water partition coefficient (Wildman–Crippen LogP) is 1.39. The van der Waals surface area contributed by atoms with Crippen LogP contribution >= 0.6 is 11.8 Å². The highest BCUT2D eigenvalue weighted by molar-refractivity contribution is 7.99. The lowest BCUT2D eigenvalue weighted by atomic mass is 9.95. The first kappa shape index (κ1) is 11.8. The fourth-order valence-corrected chi connectivity index (χ4v) is 4.61. The summed E-state index contributed by atoms with van der Waals surface area (Å²) < 4.78 is 0. The van der Waals surface area contributed by atoms with Crippen molar-refractivity contribution < 1.29 is 4.79 Å². The van der Waals surface area contributed by atoms with Crippen LogP contribution < -0.4 is 10.6 Å². The monoisotopic (exact) mass is 254 g/mol. The third-order valence-electron chi connectivity index (χ3n) is 4.51. The van der Waals surface area contributed by atoms with Crippen LogP contribution in [0.3, 0.4) is 0 Å². The molecule has 2 N–H and O–H groups in total. The number of carbonyl (C=O) groups is 1. The lowest BCUT2D eigenvalue weighted by Crippen LogP contribution is -2.44. The van der Waals surface area contributed by atoms with Crippen LogP contribution in [0.4, 0.5) is 0 Å². The molecule has 4 atom stereocenters. The Morgan fingerprint density at radius 3 is 2.94 bits per heavy atom. The van der Waals surface area contributed by atoms with E-state index >= 15 is 0 Å². The van der Waals surface area contributed by atoms with E-state index in [1.165, 1.54) is 31.4 Å². The molecule has 0 spiro atoms. The largest absolute Gasteiger partial charge is 0.353 e. The average molecular weight is 254 g/mol. The molecule has 0 aromatic carbocycles. The summed E-state index contributed by atoms with van der Waals surface area (Å²) in [5, 5.41) is 6.70. The minimum absolute atomic E-state index is 0.266. The molecule has 1 amide bonds. The lowest BCUT2D eigenvalue weighted by molar-refractivity contribution is -0.122. The highest BCUT2D eigenvalue weighted by atomic mass is 32.2. The van der Waals surface area contributed by atoms with Crippen LogP contribution in [0.2, 0.25) is 0 Å². The second kappa shape index (κ2) is 5.19. The van der Waals surface area contributed by atoms with Gasteiger partial charge in [-0.15, -0.1) is 0 Å². The van der Waals surface area contributed by atoms with E-state index in [2.05, 4.69) is 10.6 Å². The predicted molar refractivity (Wildman–Crippen MR) is 71.1 cm³/mol. The van der Waals surface area contributed by atoms with E-state index in [9.17, 15) is 4.79 Å². The highest BCUT2D eigenvalue weighted by Gasteiger charge is 2.40. The van der Waals surface area contributed by atoms with Gasteiger partial charge >= 0.3 is 0 Å². The quantitative estimate of drug-likeness (QED) is 0.799. The molecule has 0 aromatic heterocycles. The van der Waals surface area contributed by atoms with E-state index in [-0.39, 0.29) is 5.91 Å². The Balaban J connectivity index is 1.44. The molecule has 3 nitrogen and oxygen atoms in total. The SMILES string of the molecule is O=C(CC1CSCCN1)NC1CC2CCC1C2. The molecule has 4 heteroatoms. The number of fused-ring (bicyclic) bond motifs is 2. The van der Waals surface area contributed by atoms with Gasteiger partial charge in [0.05, 0.1) is 0 Å². The summed E-state index contributed by atoms with van der Waals surface area (Å²) in [6, 6.07) is 0.893. The number of carbonyl (C=O) groups excluding carboxylic acids is 1. The lowest BCUT2D eigenvalue weighted by Gasteiger charge is -2.26. The molecule has 3 aliphatic rings. The van der Waals surface area contributed by atoms with Gasteiger partial charge in [-0.3, -0.25) is 4.79 Å². The second-order valence-corrected chi connectivity index (χ2v) is 6.93. The summed E-state index contributed by atoms with van der Waals surface area (Å²) in [5.74, 6) is 4.24. The normalized spacial score (nSPS) is 40.5. The number of hydrogen-bond donors (Lipinski definition) is 2. The first-order chi connectivity index (χ1) is 8.31. The minimum Gasteiger partial charge on any atom is -0.353 e. The molecule has 3 rings (SSSR count). The van der Waals surface area contributed by atoms with Gasteiger partial charge in [-0.2, -0.15) is 11.8 Å². The Morgan fingerprint density at radius 2 is 2.29 bits per heavy atom. The van der Waals surface area contributed by atoms with Crippen LogP contribution in [0.15, 0.2) is 0 Å². The van der Waals surface area contributed by atoms with Gasteiger partial charge in [0.15, 0.2) is 0 Å². The average Bonchev–Trinajstić information content (AvgIpc) is 2.92. The molecule has 96 valence electrons.